The van der Waals surface area contributed by atoms with E-state index in [0.29, 0.717) is 16.9 Å². The Bertz CT molecular complexity index is 1090. The molecule has 28 heavy (non-hydrogen) atoms. The van der Waals surface area contributed by atoms with Crippen molar-refractivity contribution in [2.75, 3.05) is 22.8 Å². The van der Waals surface area contributed by atoms with Crippen LogP contribution in [0, 0.1) is 6.92 Å². The van der Waals surface area contributed by atoms with Gasteiger partial charge in [-0.3, -0.25) is 9.52 Å². The molecule has 0 fully saturated rings. The summed E-state index contributed by atoms with van der Waals surface area (Å²) in [6.07, 6.45) is 2.46. The minimum atomic E-state index is -3.67. The molecule has 0 aliphatic carbocycles. The number of nitrogens with one attached hydrogen (secondary N) is 3. The summed E-state index contributed by atoms with van der Waals surface area (Å²) in [6.45, 7) is 5.28. The molecule has 3 N–H and O–H groups in total. The third-order valence-electron chi connectivity index (χ3n) is 3.64. The number of amides is 1. The van der Waals surface area contributed by atoms with E-state index in [4.69, 9.17) is 0 Å². The molecule has 0 aromatic heterocycles. The Labute approximate surface area is 164 Å². The summed E-state index contributed by atoms with van der Waals surface area (Å²) >= 11 is 0. The number of aryl methyl sites for hydroxylation is 1. The van der Waals surface area contributed by atoms with Crippen LogP contribution in [-0.2, 0) is 20.0 Å². The van der Waals surface area contributed by atoms with Gasteiger partial charge in [-0.1, -0.05) is 12.1 Å². The van der Waals surface area contributed by atoms with Crippen LogP contribution in [0.25, 0.3) is 0 Å². The molecule has 8 nitrogen and oxygen atoms in total. The molecule has 0 heterocycles. The second-order valence-corrected chi connectivity index (χ2v) is 9.54. The third-order valence-corrected chi connectivity index (χ3v) is 5.67. The van der Waals surface area contributed by atoms with Gasteiger partial charge in [0, 0.05) is 17.8 Å². The Morgan fingerprint density at radius 2 is 1.71 bits per heavy atom. The summed E-state index contributed by atoms with van der Waals surface area (Å²) in [5.74, 6) is -0.461. The number of sulfonamides is 2. The van der Waals surface area contributed by atoms with Crippen LogP contribution < -0.4 is 14.8 Å². The SMILES string of the molecule is C=CCNS(=O)(=O)c1ccc(C(=O)Nc2ccc(C)c(NS(C)(=O)=O)c2)cc1. The molecule has 0 saturated heterocycles. The van der Waals surface area contributed by atoms with E-state index in [2.05, 4.69) is 21.3 Å². The number of hydrogen-bond donors (Lipinski definition) is 3. The zero-order valence-corrected chi connectivity index (χ0v) is 17.0. The number of anilines is 2. The zero-order chi connectivity index (χ0) is 20.9. The van der Waals surface area contributed by atoms with E-state index in [9.17, 15) is 21.6 Å². The Morgan fingerprint density at radius 3 is 2.29 bits per heavy atom. The van der Waals surface area contributed by atoms with Gasteiger partial charge in [-0.2, -0.15) is 0 Å². The topological polar surface area (TPSA) is 121 Å². The van der Waals surface area contributed by atoms with Gasteiger partial charge in [0.2, 0.25) is 20.0 Å². The van der Waals surface area contributed by atoms with E-state index < -0.39 is 26.0 Å². The molecule has 0 aliphatic rings. The predicted octanol–water partition coefficient (Wildman–Crippen LogP) is 2.08. The molecule has 0 bridgehead atoms. The van der Waals surface area contributed by atoms with Gasteiger partial charge in [0.15, 0.2) is 0 Å². The molecule has 150 valence electrons. The van der Waals surface area contributed by atoms with Crippen LogP contribution in [0.15, 0.2) is 60.0 Å². The highest BCUT2D eigenvalue weighted by molar-refractivity contribution is 7.92. The summed E-state index contributed by atoms with van der Waals surface area (Å²) in [5.41, 5.74) is 1.70. The first-order valence-electron chi connectivity index (χ1n) is 8.12. The first-order chi connectivity index (χ1) is 13.0. The Kier molecular flexibility index (Phi) is 6.60. The van der Waals surface area contributed by atoms with Crippen molar-refractivity contribution in [2.45, 2.75) is 11.8 Å². The lowest BCUT2D eigenvalue weighted by atomic mass is 10.1. The quantitative estimate of drug-likeness (QED) is 0.561. The lowest BCUT2D eigenvalue weighted by molar-refractivity contribution is 0.102. The molecule has 0 spiro atoms. The molecule has 0 unspecified atom stereocenters. The van der Waals surface area contributed by atoms with Crippen molar-refractivity contribution in [1.29, 1.82) is 0 Å². The van der Waals surface area contributed by atoms with Crippen LogP contribution in [0.2, 0.25) is 0 Å². The highest BCUT2D eigenvalue weighted by Crippen LogP contribution is 2.22. The molecule has 2 aromatic rings. The van der Waals surface area contributed by atoms with Crippen LogP contribution in [0.5, 0.6) is 0 Å². The molecule has 1 amide bonds. The van der Waals surface area contributed by atoms with Gasteiger partial charge in [-0.05, 0) is 48.9 Å². The van der Waals surface area contributed by atoms with Crippen LogP contribution >= 0.6 is 0 Å². The molecule has 0 saturated carbocycles. The second-order valence-electron chi connectivity index (χ2n) is 6.02. The molecule has 10 heteroatoms. The van der Waals surface area contributed by atoms with Crippen molar-refractivity contribution < 1.29 is 21.6 Å². The van der Waals surface area contributed by atoms with E-state index in [-0.39, 0.29) is 17.0 Å². The van der Waals surface area contributed by atoms with E-state index in [0.717, 1.165) is 6.26 Å². The van der Waals surface area contributed by atoms with Gasteiger partial charge in [0.25, 0.3) is 5.91 Å². The monoisotopic (exact) mass is 423 g/mol. The minimum absolute atomic E-state index is 0.0286. The molecule has 2 rings (SSSR count). The second kappa shape index (κ2) is 8.55. The normalized spacial score (nSPS) is 11.6. The van der Waals surface area contributed by atoms with Crippen LogP contribution in [-0.4, -0.2) is 35.5 Å². The fourth-order valence-corrected chi connectivity index (χ4v) is 3.87. The van der Waals surface area contributed by atoms with E-state index in [1.807, 2.05) is 0 Å². The molecule has 0 aliphatic heterocycles. The van der Waals surface area contributed by atoms with Gasteiger partial charge in [-0.25, -0.2) is 21.6 Å². The summed E-state index contributed by atoms with van der Waals surface area (Å²) < 4.78 is 51.6. The number of carbonyl (C=O) groups is 1. The number of carbonyl (C=O) groups excluding carboxylic acids is 1. The lowest BCUT2D eigenvalue weighted by Crippen LogP contribution is -2.23. The summed E-state index contributed by atoms with van der Waals surface area (Å²) in [6, 6.07) is 10.2. The van der Waals surface area contributed by atoms with Crippen LogP contribution in [0.4, 0.5) is 11.4 Å². The summed E-state index contributed by atoms with van der Waals surface area (Å²) in [7, 11) is -7.12. The maximum atomic E-state index is 12.4. The van der Waals surface area contributed by atoms with E-state index in [1.54, 1.807) is 19.1 Å². The van der Waals surface area contributed by atoms with Crippen molar-refractivity contribution in [3.05, 3.63) is 66.2 Å². The van der Waals surface area contributed by atoms with Gasteiger partial charge in [0.05, 0.1) is 16.8 Å². The van der Waals surface area contributed by atoms with Crippen molar-refractivity contribution >= 4 is 37.3 Å². The fourth-order valence-electron chi connectivity index (χ4n) is 2.25. The molecule has 2 aromatic carbocycles. The Balaban J connectivity index is 2.17. The van der Waals surface area contributed by atoms with Crippen molar-refractivity contribution in [1.82, 2.24) is 4.72 Å². The van der Waals surface area contributed by atoms with Crippen LogP contribution in [0.1, 0.15) is 15.9 Å². The molecular formula is C18H21N3O5S2. The Morgan fingerprint density at radius 1 is 1.07 bits per heavy atom. The Hall–Kier alpha value is -2.69. The average Bonchev–Trinajstić information content (AvgIpc) is 2.62. The standard InChI is InChI=1S/C18H21N3O5S2/c1-4-11-19-28(25,26)16-9-6-14(7-10-16)18(22)20-15-8-5-13(2)17(12-15)21-27(3,23)24/h4-10,12,19,21H,1,11H2,2-3H3,(H,20,22). The number of rotatable bonds is 8. The molecular weight excluding hydrogens is 402 g/mol. The third kappa shape index (κ3) is 5.91. The summed E-state index contributed by atoms with van der Waals surface area (Å²) in [4.78, 5) is 12.4. The first-order valence-corrected chi connectivity index (χ1v) is 11.5. The van der Waals surface area contributed by atoms with Gasteiger partial charge in [-0.15, -0.1) is 6.58 Å². The number of benzene rings is 2. The summed E-state index contributed by atoms with van der Waals surface area (Å²) in [5, 5.41) is 2.65. The van der Waals surface area contributed by atoms with Crippen molar-refractivity contribution in [3.63, 3.8) is 0 Å². The maximum Gasteiger partial charge on any atom is 0.255 e. The molecule has 0 radical (unpaired) electrons. The molecule has 0 atom stereocenters. The fraction of sp³-hybridized carbons (Fsp3) is 0.167. The van der Waals surface area contributed by atoms with Crippen molar-refractivity contribution in [3.8, 4) is 0 Å². The minimum Gasteiger partial charge on any atom is -0.322 e. The van der Waals surface area contributed by atoms with Gasteiger partial charge >= 0.3 is 0 Å². The number of hydrogen-bond acceptors (Lipinski definition) is 5. The van der Waals surface area contributed by atoms with Crippen LogP contribution in [0.3, 0.4) is 0 Å². The first kappa shape index (κ1) is 21.6. The smallest absolute Gasteiger partial charge is 0.255 e. The maximum absolute atomic E-state index is 12.4. The average molecular weight is 424 g/mol. The predicted molar refractivity (Wildman–Crippen MR) is 109 cm³/mol. The highest BCUT2D eigenvalue weighted by atomic mass is 32.2. The zero-order valence-electron chi connectivity index (χ0n) is 15.4. The van der Waals surface area contributed by atoms with E-state index in [1.165, 1.54) is 36.4 Å². The van der Waals surface area contributed by atoms with Gasteiger partial charge < -0.3 is 5.32 Å². The van der Waals surface area contributed by atoms with E-state index >= 15 is 0 Å². The highest BCUT2D eigenvalue weighted by Gasteiger charge is 2.14. The largest absolute Gasteiger partial charge is 0.322 e. The van der Waals surface area contributed by atoms with Gasteiger partial charge in [0.1, 0.15) is 0 Å². The van der Waals surface area contributed by atoms with Crippen molar-refractivity contribution in [2.24, 2.45) is 0 Å². The lowest BCUT2D eigenvalue weighted by Gasteiger charge is -2.11.